The Labute approximate surface area is 180 Å². The molecule has 1 unspecified atom stereocenters. The molecule has 0 spiro atoms. The van der Waals surface area contributed by atoms with Crippen molar-refractivity contribution in [1.82, 2.24) is 0 Å². The number of carbonyl (C=O) groups excluding carboxylic acids is 1. The monoisotopic (exact) mass is 413 g/mol. The molecule has 0 fully saturated rings. The van der Waals surface area contributed by atoms with Crippen molar-refractivity contribution in [2.75, 3.05) is 12.4 Å². The van der Waals surface area contributed by atoms with Crippen LogP contribution in [-0.4, -0.2) is 18.1 Å². The van der Waals surface area contributed by atoms with Crippen LogP contribution in [-0.2, 0) is 0 Å². The summed E-state index contributed by atoms with van der Waals surface area (Å²) in [5.74, 6) is 0.507. The van der Waals surface area contributed by atoms with Gasteiger partial charge in [0.2, 0.25) is 0 Å². The highest BCUT2D eigenvalue weighted by atomic mass is 16.5. The van der Waals surface area contributed by atoms with Crippen LogP contribution >= 0.6 is 0 Å². The molecule has 5 nitrogen and oxygen atoms in total. The molecule has 0 saturated carbocycles. The van der Waals surface area contributed by atoms with Gasteiger partial charge in [-0.3, -0.25) is 4.79 Å². The summed E-state index contributed by atoms with van der Waals surface area (Å²) in [6.45, 7) is 1.95. The summed E-state index contributed by atoms with van der Waals surface area (Å²) in [4.78, 5) is 13.1. The van der Waals surface area contributed by atoms with Gasteiger partial charge in [-0.2, -0.15) is 0 Å². The van der Waals surface area contributed by atoms with Gasteiger partial charge >= 0.3 is 0 Å². The highest BCUT2D eigenvalue weighted by Gasteiger charge is 2.20. The second-order valence-corrected chi connectivity index (χ2v) is 7.14. The SMILES string of the molecule is COc1ccccc1NC(=O)c1cc(OC(C)c2ccccc2)c2ccccc2c1O. The molecule has 0 radical (unpaired) electrons. The minimum Gasteiger partial charge on any atom is -0.506 e. The van der Waals surface area contributed by atoms with Crippen LogP contribution in [0.15, 0.2) is 84.9 Å². The van der Waals surface area contributed by atoms with E-state index in [2.05, 4.69) is 5.32 Å². The average Bonchev–Trinajstić information content (AvgIpc) is 2.81. The number of anilines is 1. The third-order valence-electron chi connectivity index (χ3n) is 5.15. The molecule has 0 aromatic heterocycles. The Bertz CT molecular complexity index is 1220. The smallest absolute Gasteiger partial charge is 0.259 e. The Morgan fingerprint density at radius 2 is 1.52 bits per heavy atom. The fourth-order valence-electron chi connectivity index (χ4n) is 3.52. The number of ether oxygens (including phenoxy) is 2. The van der Waals surface area contributed by atoms with Crippen LogP contribution in [0, 0.1) is 0 Å². The molecule has 1 atom stereocenters. The molecule has 0 aliphatic heterocycles. The number of benzene rings is 4. The maximum Gasteiger partial charge on any atom is 0.259 e. The number of rotatable bonds is 6. The molecule has 4 rings (SSSR count). The molecule has 0 heterocycles. The topological polar surface area (TPSA) is 67.8 Å². The number of nitrogens with one attached hydrogen (secondary N) is 1. The second-order valence-electron chi connectivity index (χ2n) is 7.14. The quantitative estimate of drug-likeness (QED) is 0.410. The zero-order valence-electron chi connectivity index (χ0n) is 17.3. The van der Waals surface area contributed by atoms with E-state index < -0.39 is 5.91 Å². The van der Waals surface area contributed by atoms with E-state index in [0.717, 1.165) is 10.9 Å². The number of hydrogen-bond acceptors (Lipinski definition) is 4. The summed E-state index contributed by atoms with van der Waals surface area (Å²) >= 11 is 0. The first-order valence-electron chi connectivity index (χ1n) is 9.99. The van der Waals surface area contributed by atoms with Crippen LogP contribution in [0.4, 0.5) is 5.69 Å². The molecular formula is C26H23NO4. The van der Waals surface area contributed by atoms with Gasteiger partial charge in [0.1, 0.15) is 23.4 Å². The number of carbonyl (C=O) groups is 1. The summed E-state index contributed by atoms with van der Waals surface area (Å²) in [5, 5.41) is 14.9. The van der Waals surface area contributed by atoms with Crippen molar-refractivity contribution in [2.45, 2.75) is 13.0 Å². The Morgan fingerprint density at radius 1 is 0.871 bits per heavy atom. The van der Waals surface area contributed by atoms with Gasteiger partial charge in [0.05, 0.1) is 18.4 Å². The lowest BCUT2D eigenvalue weighted by Gasteiger charge is -2.19. The van der Waals surface area contributed by atoms with Gasteiger partial charge in [0, 0.05) is 10.8 Å². The molecular weight excluding hydrogens is 390 g/mol. The van der Waals surface area contributed by atoms with Crippen molar-refractivity contribution in [3.8, 4) is 17.2 Å². The van der Waals surface area contributed by atoms with Crippen molar-refractivity contribution >= 4 is 22.4 Å². The lowest BCUT2D eigenvalue weighted by molar-refractivity contribution is 0.102. The first-order valence-corrected chi connectivity index (χ1v) is 9.99. The van der Waals surface area contributed by atoms with Gasteiger partial charge in [0.15, 0.2) is 0 Å². The summed E-state index contributed by atoms with van der Waals surface area (Å²) < 4.78 is 11.5. The first kappa shape index (κ1) is 20.3. The molecule has 4 aromatic rings. The Balaban J connectivity index is 1.74. The molecule has 0 saturated heterocycles. The first-order chi connectivity index (χ1) is 15.1. The van der Waals surface area contributed by atoms with Gasteiger partial charge < -0.3 is 19.9 Å². The minimum absolute atomic E-state index is 0.0947. The number of hydrogen-bond donors (Lipinski definition) is 2. The number of aromatic hydroxyl groups is 1. The van der Waals surface area contributed by atoms with E-state index >= 15 is 0 Å². The molecule has 0 bridgehead atoms. The standard InChI is InChI=1S/C26H23NO4/c1-17(18-10-4-3-5-11-18)31-24-16-21(25(28)20-13-7-6-12-19(20)24)26(29)27-22-14-8-9-15-23(22)30-2/h3-17,28H,1-2H3,(H,27,29). The van der Waals surface area contributed by atoms with E-state index in [1.807, 2.05) is 61.5 Å². The van der Waals surface area contributed by atoms with E-state index in [1.54, 1.807) is 30.3 Å². The summed E-state index contributed by atoms with van der Waals surface area (Å²) in [6.07, 6.45) is -0.237. The Hall–Kier alpha value is -3.99. The molecule has 5 heteroatoms. The fourth-order valence-corrected chi connectivity index (χ4v) is 3.52. The molecule has 2 N–H and O–H groups in total. The molecule has 4 aromatic carbocycles. The van der Waals surface area contributed by atoms with Crippen LogP contribution in [0.1, 0.15) is 28.9 Å². The van der Waals surface area contributed by atoms with Gasteiger partial charge in [-0.1, -0.05) is 66.7 Å². The number of para-hydroxylation sites is 2. The zero-order chi connectivity index (χ0) is 21.8. The Morgan fingerprint density at radius 3 is 2.26 bits per heavy atom. The molecule has 1 amide bonds. The van der Waals surface area contributed by atoms with Crippen molar-refractivity contribution in [3.05, 3.63) is 96.1 Å². The fraction of sp³-hybridized carbons (Fsp3) is 0.115. The second kappa shape index (κ2) is 8.79. The zero-order valence-corrected chi connectivity index (χ0v) is 17.3. The number of amides is 1. The van der Waals surface area contributed by atoms with Crippen molar-refractivity contribution in [3.63, 3.8) is 0 Å². The highest BCUT2D eigenvalue weighted by Crippen LogP contribution is 2.38. The van der Waals surface area contributed by atoms with E-state index in [-0.39, 0.29) is 17.4 Å². The third-order valence-corrected chi connectivity index (χ3v) is 5.15. The number of fused-ring (bicyclic) bond motifs is 1. The molecule has 156 valence electrons. The van der Waals surface area contributed by atoms with Crippen LogP contribution in [0.3, 0.4) is 0 Å². The van der Waals surface area contributed by atoms with Crippen molar-refractivity contribution in [1.29, 1.82) is 0 Å². The van der Waals surface area contributed by atoms with Crippen LogP contribution in [0.5, 0.6) is 17.2 Å². The third kappa shape index (κ3) is 4.16. The van der Waals surface area contributed by atoms with E-state index in [9.17, 15) is 9.90 Å². The highest BCUT2D eigenvalue weighted by molar-refractivity contribution is 6.11. The van der Waals surface area contributed by atoms with Gasteiger partial charge in [-0.25, -0.2) is 0 Å². The summed E-state index contributed by atoms with van der Waals surface area (Å²) in [7, 11) is 1.54. The van der Waals surface area contributed by atoms with Gasteiger partial charge in [-0.15, -0.1) is 0 Å². The lowest BCUT2D eigenvalue weighted by Crippen LogP contribution is -2.13. The maximum atomic E-state index is 13.1. The van der Waals surface area contributed by atoms with Crippen LogP contribution in [0.25, 0.3) is 10.8 Å². The van der Waals surface area contributed by atoms with Crippen molar-refractivity contribution < 1.29 is 19.4 Å². The normalized spacial score (nSPS) is 11.7. The summed E-state index contributed by atoms with van der Waals surface area (Å²) in [5.41, 5.74) is 1.65. The van der Waals surface area contributed by atoms with E-state index in [4.69, 9.17) is 9.47 Å². The predicted octanol–water partition coefficient (Wildman–Crippen LogP) is 5.95. The van der Waals surface area contributed by atoms with Crippen LogP contribution < -0.4 is 14.8 Å². The predicted molar refractivity (Wildman–Crippen MR) is 122 cm³/mol. The number of methoxy groups -OCH3 is 1. The summed E-state index contributed by atoms with van der Waals surface area (Å²) in [6, 6.07) is 25.9. The number of phenolic OH excluding ortho intramolecular Hbond substituents is 1. The largest absolute Gasteiger partial charge is 0.506 e. The van der Waals surface area contributed by atoms with Gasteiger partial charge in [-0.05, 0) is 30.7 Å². The average molecular weight is 413 g/mol. The molecule has 31 heavy (non-hydrogen) atoms. The van der Waals surface area contributed by atoms with E-state index in [0.29, 0.717) is 22.6 Å². The minimum atomic E-state index is -0.454. The van der Waals surface area contributed by atoms with Gasteiger partial charge in [0.25, 0.3) is 5.91 Å². The molecule has 0 aliphatic carbocycles. The number of phenols is 1. The van der Waals surface area contributed by atoms with Crippen molar-refractivity contribution in [2.24, 2.45) is 0 Å². The van der Waals surface area contributed by atoms with Crippen LogP contribution in [0.2, 0.25) is 0 Å². The Kier molecular flexibility index (Phi) is 5.76. The lowest BCUT2D eigenvalue weighted by atomic mass is 10.0. The van der Waals surface area contributed by atoms with E-state index in [1.165, 1.54) is 7.11 Å². The maximum absolute atomic E-state index is 13.1. The molecule has 0 aliphatic rings.